The summed E-state index contributed by atoms with van der Waals surface area (Å²) in [5.74, 6) is 2.09. The van der Waals surface area contributed by atoms with Gasteiger partial charge in [-0.2, -0.15) is 0 Å². The van der Waals surface area contributed by atoms with E-state index in [4.69, 9.17) is 19.9 Å². The van der Waals surface area contributed by atoms with E-state index in [1.54, 1.807) is 14.2 Å². The van der Waals surface area contributed by atoms with Crippen LogP contribution in [0.25, 0.3) is 0 Å². The summed E-state index contributed by atoms with van der Waals surface area (Å²) in [6.07, 6.45) is 2.86. The molecule has 4 heteroatoms. The van der Waals surface area contributed by atoms with Crippen molar-refractivity contribution in [2.75, 3.05) is 20.8 Å². The molecule has 0 atom stereocenters. The molecule has 0 aromatic heterocycles. The average Bonchev–Trinajstić information content (AvgIpc) is 2.45. The highest BCUT2D eigenvalue weighted by Gasteiger charge is 2.17. The zero-order valence-electron chi connectivity index (χ0n) is 12.4. The van der Waals surface area contributed by atoms with E-state index in [-0.39, 0.29) is 6.10 Å². The molecule has 1 rings (SSSR count). The summed E-state index contributed by atoms with van der Waals surface area (Å²) in [7, 11) is 3.28. The Hall–Kier alpha value is -1.42. The first-order chi connectivity index (χ1) is 9.19. The third-order valence-corrected chi connectivity index (χ3v) is 3.15. The number of hydrogen-bond acceptors (Lipinski definition) is 4. The number of rotatable bonds is 8. The minimum Gasteiger partial charge on any atom is -0.493 e. The van der Waals surface area contributed by atoms with Gasteiger partial charge in [0.25, 0.3) is 0 Å². The molecule has 0 spiro atoms. The monoisotopic (exact) mass is 267 g/mol. The number of ether oxygens (including phenoxy) is 3. The van der Waals surface area contributed by atoms with Gasteiger partial charge in [-0.3, -0.25) is 0 Å². The molecule has 0 heterocycles. The molecule has 0 saturated heterocycles. The third kappa shape index (κ3) is 4.03. The van der Waals surface area contributed by atoms with Gasteiger partial charge >= 0.3 is 0 Å². The summed E-state index contributed by atoms with van der Waals surface area (Å²) in [4.78, 5) is 0. The molecular weight excluding hydrogens is 242 g/mol. The van der Waals surface area contributed by atoms with Gasteiger partial charge < -0.3 is 19.9 Å². The number of benzene rings is 1. The number of methoxy groups -OCH3 is 2. The largest absolute Gasteiger partial charge is 0.493 e. The first-order valence-electron chi connectivity index (χ1n) is 6.81. The highest BCUT2D eigenvalue weighted by atomic mass is 16.5. The van der Waals surface area contributed by atoms with Gasteiger partial charge in [-0.25, -0.2) is 0 Å². The van der Waals surface area contributed by atoms with E-state index in [0.29, 0.717) is 23.8 Å². The predicted molar refractivity (Wildman–Crippen MR) is 77.3 cm³/mol. The molecule has 108 valence electrons. The van der Waals surface area contributed by atoms with E-state index in [0.717, 1.165) is 24.8 Å². The van der Waals surface area contributed by atoms with Crippen molar-refractivity contribution in [1.29, 1.82) is 0 Å². The Morgan fingerprint density at radius 3 is 1.95 bits per heavy atom. The van der Waals surface area contributed by atoms with Crippen LogP contribution in [0.1, 0.15) is 32.3 Å². The Morgan fingerprint density at radius 2 is 1.58 bits per heavy atom. The topological polar surface area (TPSA) is 53.7 Å². The lowest BCUT2D eigenvalue weighted by Crippen LogP contribution is -2.15. The molecule has 0 fully saturated rings. The van der Waals surface area contributed by atoms with E-state index < -0.39 is 0 Å². The molecule has 1 aromatic rings. The van der Waals surface area contributed by atoms with E-state index >= 15 is 0 Å². The molecule has 0 aliphatic heterocycles. The van der Waals surface area contributed by atoms with Crippen molar-refractivity contribution in [3.05, 3.63) is 17.7 Å². The van der Waals surface area contributed by atoms with Crippen LogP contribution in [0.15, 0.2) is 12.1 Å². The Kier molecular flexibility index (Phi) is 6.50. The van der Waals surface area contributed by atoms with Crippen molar-refractivity contribution in [3.63, 3.8) is 0 Å². The van der Waals surface area contributed by atoms with Gasteiger partial charge in [0, 0.05) is 0 Å². The summed E-state index contributed by atoms with van der Waals surface area (Å²) in [5, 5.41) is 0. The molecule has 0 bridgehead atoms. The highest BCUT2D eigenvalue weighted by Crippen LogP contribution is 2.39. The normalized spacial score (nSPS) is 10.6. The maximum Gasteiger partial charge on any atom is 0.203 e. The molecule has 0 unspecified atom stereocenters. The zero-order valence-corrected chi connectivity index (χ0v) is 12.4. The minimum absolute atomic E-state index is 0.170. The second kappa shape index (κ2) is 7.89. The van der Waals surface area contributed by atoms with Gasteiger partial charge in [0.15, 0.2) is 11.5 Å². The van der Waals surface area contributed by atoms with Crippen molar-refractivity contribution >= 4 is 0 Å². The SMILES string of the molecule is CCC(CC)Oc1c(OC)cc(CCN)cc1OC. The van der Waals surface area contributed by atoms with Crippen molar-refractivity contribution in [1.82, 2.24) is 0 Å². The van der Waals surface area contributed by atoms with E-state index in [1.807, 2.05) is 12.1 Å². The second-order valence-electron chi connectivity index (χ2n) is 4.42. The van der Waals surface area contributed by atoms with E-state index in [1.165, 1.54) is 0 Å². The van der Waals surface area contributed by atoms with E-state index in [2.05, 4.69) is 13.8 Å². The zero-order chi connectivity index (χ0) is 14.3. The minimum atomic E-state index is 0.170. The molecule has 0 saturated carbocycles. The summed E-state index contributed by atoms with van der Waals surface area (Å²) in [5.41, 5.74) is 6.68. The van der Waals surface area contributed by atoms with Crippen LogP contribution >= 0.6 is 0 Å². The lowest BCUT2D eigenvalue weighted by molar-refractivity contribution is 0.177. The van der Waals surface area contributed by atoms with Gasteiger partial charge in [-0.1, -0.05) is 13.8 Å². The summed E-state index contributed by atoms with van der Waals surface area (Å²) in [6.45, 7) is 4.81. The Morgan fingerprint density at radius 1 is 1.05 bits per heavy atom. The molecule has 19 heavy (non-hydrogen) atoms. The standard InChI is InChI=1S/C15H25NO3/c1-5-12(6-2)19-15-13(17-3)9-11(7-8-16)10-14(15)18-4/h9-10,12H,5-8,16H2,1-4H3. The Balaban J connectivity index is 3.12. The maximum absolute atomic E-state index is 6.01. The average molecular weight is 267 g/mol. The summed E-state index contributed by atoms with van der Waals surface area (Å²) in [6, 6.07) is 3.93. The van der Waals surface area contributed by atoms with Gasteiger partial charge in [0.1, 0.15) is 0 Å². The second-order valence-corrected chi connectivity index (χ2v) is 4.42. The van der Waals surface area contributed by atoms with Crippen LogP contribution in [0.4, 0.5) is 0 Å². The van der Waals surface area contributed by atoms with Gasteiger partial charge in [-0.05, 0) is 43.5 Å². The first-order valence-corrected chi connectivity index (χ1v) is 6.81. The van der Waals surface area contributed by atoms with Crippen LogP contribution in [-0.2, 0) is 6.42 Å². The molecule has 0 aliphatic carbocycles. The third-order valence-electron chi connectivity index (χ3n) is 3.15. The lowest BCUT2D eigenvalue weighted by Gasteiger charge is -2.20. The van der Waals surface area contributed by atoms with Crippen molar-refractivity contribution in [2.24, 2.45) is 5.73 Å². The Bertz CT molecular complexity index is 364. The van der Waals surface area contributed by atoms with Gasteiger partial charge in [0.05, 0.1) is 20.3 Å². The molecule has 0 aliphatic rings. The number of nitrogens with two attached hydrogens (primary N) is 1. The highest BCUT2D eigenvalue weighted by molar-refractivity contribution is 5.54. The smallest absolute Gasteiger partial charge is 0.203 e. The van der Waals surface area contributed by atoms with Crippen LogP contribution in [0.2, 0.25) is 0 Å². The Labute approximate surface area is 115 Å². The predicted octanol–water partition coefficient (Wildman–Crippen LogP) is 2.77. The fraction of sp³-hybridized carbons (Fsp3) is 0.600. The van der Waals surface area contributed by atoms with Crippen LogP contribution in [0.5, 0.6) is 17.2 Å². The van der Waals surface area contributed by atoms with Crippen LogP contribution < -0.4 is 19.9 Å². The van der Waals surface area contributed by atoms with Crippen LogP contribution in [-0.4, -0.2) is 26.9 Å². The molecule has 0 amide bonds. The van der Waals surface area contributed by atoms with Crippen LogP contribution in [0.3, 0.4) is 0 Å². The fourth-order valence-electron chi connectivity index (χ4n) is 1.98. The summed E-state index contributed by atoms with van der Waals surface area (Å²) >= 11 is 0. The van der Waals surface area contributed by atoms with Gasteiger partial charge in [-0.15, -0.1) is 0 Å². The number of hydrogen-bond donors (Lipinski definition) is 1. The molecular formula is C15H25NO3. The molecule has 1 aromatic carbocycles. The first kappa shape index (κ1) is 15.6. The molecule has 2 N–H and O–H groups in total. The molecule has 0 radical (unpaired) electrons. The van der Waals surface area contributed by atoms with Gasteiger partial charge in [0.2, 0.25) is 5.75 Å². The maximum atomic E-state index is 6.01. The van der Waals surface area contributed by atoms with E-state index in [9.17, 15) is 0 Å². The van der Waals surface area contributed by atoms with Crippen molar-refractivity contribution in [2.45, 2.75) is 39.2 Å². The van der Waals surface area contributed by atoms with Crippen LogP contribution in [0, 0.1) is 0 Å². The summed E-state index contributed by atoms with van der Waals surface area (Å²) < 4.78 is 16.8. The molecule has 4 nitrogen and oxygen atoms in total. The van der Waals surface area contributed by atoms with Crippen molar-refractivity contribution in [3.8, 4) is 17.2 Å². The lowest BCUT2D eigenvalue weighted by atomic mass is 10.1. The quantitative estimate of drug-likeness (QED) is 0.787. The fourth-order valence-corrected chi connectivity index (χ4v) is 1.98. The van der Waals surface area contributed by atoms with Crippen molar-refractivity contribution < 1.29 is 14.2 Å².